The molecule has 0 heteroatoms. The Morgan fingerprint density at radius 1 is 0.818 bits per heavy atom. The molecule has 0 heterocycles. The number of hydrogen-bond acceptors (Lipinski definition) is 0. The molecule has 0 aromatic heterocycles. The maximum absolute atomic E-state index is 3.52. The standard InChI is InChI=1S/C22H21/c1-2-3-4-5-7-16-10-11-19-13-12-17-8-6-9-18-14-15-20(16)22(19)21(17)18/h6,8-10,12-15H,2-5,7H2,1H3. The molecule has 0 fully saturated rings. The summed E-state index contributed by atoms with van der Waals surface area (Å²) in [4.78, 5) is 0. The average Bonchev–Trinajstić information content (AvgIpc) is 2.57. The van der Waals surface area contributed by atoms with E-state index in [1.54, 1.807) is 0 Å². The summed E-state index contributed by atoms with van der Waals surface area (Å²) >= 11 is 0. The van der Waals surface area contributed by atoms with Crippen LogP contribution in [-0.2, 0) is 6.42 Å². The summed E-state index contributed by atoms with van der Waals surface area (Å²) in [5, 5.41) is 8.16. The van der Waals surface area contributed by atoms with Crippen molar-refractivity contribution in [3.8, 4) is 0 Å². The lowest BCUT2D eigenvalue weighted by atomic mass is 9.90. The fourth-order valence-electron chi connectivity index (χ4n) is 3.66. The molecule has 0 N–H and O–H groups in total. The van der Waals surface area contributed by atoms with E-state index in [4.69, 9.17) is 0 Å². The van der Waals surface area contributed by atoms with Crippen LogP contribution >= 0.6 is 0 Å². The fourth-order valence-corrected chi connectivity index (χ4v) is 3.66. The van der Waals surface area contributed by atoms with Crippen molar-refractivity contribution in [2.75, 3.05) is 0 Å². The fraction of sp³-hybridized carbons (Fsp3) is 0.273. The lowest BCUT2D eigenvalue weighted by molar-refractivity contribution is 0.668. The molecule has 0 saturated carbocycles. The van der Waals surface area contributed by atoms with E-state index in [0.717, 1.165) is 0 Å². The van der Waals surface area contributed by atoms with Gasteiger partial charge in [0.15, 0.2) is 0 Å². The van der Waals surface area contributed by atoms with Crippen molar-refractivity contribution < 1.29 is 0 Å². The van der Waals surface area contributed by atoms with E-state index in [-0.39, 0.29) is 0 Å². The molecule has 0 aliphatic rings. The Morgan fingerprint density at radius 3 is 2.45 bits per heavy atom. The van der Waals surface area contributed by atoms with Crippen molar-refractivity contribution in [3.63, 3.8) is 0 Å². The van der Waals surface area contributed by atoms with Crippen molar-refractivity contribution in [3.05, 3.63) is 60.2 Å². The van der Waals surface area contributed by atoms with Crippen LogP contribution in [0.4, 0.5) is 0 Å². The Labute approximate surface area is 132 Å². The highest BCUT2D eigenvalue weighted by Gasteiger charge is 2.10. The van der Waals surface area contributed by atoms with Crippen LogP contribution in [0.2, 0.25) is 0 Å². The molecule has 0 aliphatic carbocycles. The van der Waals surface area contributed by atoms with Crippen molar-refractivity contribution in [1.82, 2.24) is 0 Å². The summed E-state index contributed by atoms with van der Waals surface area (Å²) in [6.45, 7) is 2.27. The second-order valence-electron chi connectivity index (χ2n) is 6.31. The first-order chi connectivity index (χ1) is 10.9. The molecule has 0 bridgehead atoms. The summed E-state index contributed by atoms with van der Waals surface area (Å²) in [6, 6.07) is 21.3. The Bertz CT molecular complexity index is 901. The number of aryl methyl sites for hydroxylation is 1. The van der Waals surface area contributed by atoms with Crippen LogP contribution in [0.3, 0.4) is 0 Å². The topological polar surface area (TPSA) is 0 Å². The summed E-state index contributed by atoms with van der Waals surface area (Å²) in [7, 11) is 0. The van der Waals surface area contributed by atoms with Gasteiger partial charge in [0, 0.05) is 0 Å². The van der Waals surface area contributed by atoms with E-state index in [1.807, 2.05) is 0 Å². The van der Waals surface area contributed by atoms with Crippen LogP contribution in [-0.4, -0.2) is 0 Å². The van der Waals surface area contributed by atoms with Gasteiger partial charge in [0.05, 0.1) is 0 Å². The third-order valence-electron chi connectivity index (χ3n) is 4.82. The minimum absolute atomic E-state index is 1.17. The van der Waals surface area contributed by atoms with Gasteiger partial charge < -0.3 is 0 Å². The summed E-state index contributed by atoms with van der Waals surface area (Å²) in [6.07, 6.45) is 6.43. The number of benzene rings is 4. The largest absolute Gasteiger partial charge is 0.0654 e. The van der Waals surface area contributed by atoms with Crippen LogP contribution in [0.15, 0.2) is 48.5 Å². The summed E-state index contributed by atoms with van der Waals surface area (Å²) in [5.74, 6) is 0. The maximum atomic E-state index is 3.52. The minimum Gasteiger partial charge on any atom is -0.0654 e. The molecule has 0 aliphatic heterocycles. The molecule has 0 atom stereocenters. The average molecular weight is 285 g/mol. The highest BCUT2D eigenvalue weighted by atomic mass is 14.1. The van der Waals surface area contributed by atoms with Crippen LogP contribution < -0.4 is 0 Å². The molecule has 0 saturated heterocycles. The molecule has 4 aromatic carbocycles. The van der Waals surface area contributed by atoms with Crippen LogP contribution in [0, 0.1) is 6.07 Å². The van der Waals surface area contributed by atoms with Crippen LogP contribution in [0.5, 0.6) is 0 Å². The molecule has 4 rings (SSSR count). The van der Waals surface area contributed by atoms with Gasteiger partial charge in [-0.05, 0) is 62.9 Å². The van der Waals surface area contributed by atoms with Gasteiger partial charge in [-0.2, -0.15) is 0 Å². The highest BCUT2D eigenvalue weighted by Crippen LogP contribution is 2.36. The van der Waals surface area contributed by atoms with Crippen molar-refractivity contribution in [2.24, 2.45) is 0 Å². The number of rotatable bonds is 5. The van der Waals surface area contributed by atoms with E-state index in [9.17, 15) is 0 Å². The smallest absolute Gasteiger partial charge is 0.00178 e. The molecular formula is C22H21. The molecule has 0 amide bonds. The SMILES string of the molecule is CCCCCCc1c[c]c2ccc3cccc4ccc1c2c34. The summed E-state index contributed by atoms with van der Waals surface area (Å²) in [5.41, 5.74) is 1.46. The predicted octanol–water partition coefficient (Wildman–Crippen LogP) is 6.51. The third kappa shape index (κ3) is 2.14. The van der Waals surface area contributed by atoms with Gasteiger partial charge in [0.1, 0.15) is 0 Å². The predicted molar refractivity (Wildman–Crippen MR) is 96.8 cm³/mol. The van der Waals surface area contributed by atoms with Gasteiger partial charge in [-0.25, -0.2) is 0 Å². The molecule has 0 spiro atoms. The second kappa shape index (κ2) is 5.61. The van der Waals surface area contributed by atoms with Gasteiger partial charge in [-0.1, -0.05) is 68.7 Å². The molecule has 0 nitrogen and oxygen atoms in total. The van der Waals surface area contributed by atoms with Crippen molar-refractivity contribution in [1.29, 1.82) is 0 Å². The van der Waals surface area contributed by atoms with Gasteiger partial charge >= 0.3 is 0 Å². The molecule has 4 aromatic rings. The van der Waals surface area contributed by atoms with E-state index in [2.05, 4.69) is 61.5 Å². The van der Waals surface area contributed by atoms with E-state index in [1.165, 1.54) is 70.0 Å². The van der Waals surface area contributed by atoms with Crippen LogP contribution in [0.1, 0.15) is 38.2 Å². The molecule has 0 unspecified atom stereocenters. The first kappa shape index (κ1) is 13.6. The van der Waals surface area contributed by atoms with Crippen LogP contribution in [0.25, 0.3) is 32.3 Å². The Balaban J connectivity index is 1.89. The van der Waals surface area contributed by atoms with E-state index < -0.39 is 0 Å². The first-order valence-electron chi connectivity index (χ1n) is 8.45. The van der Waals surface area contributed by atoms with E-state index >= 15 is 0 Å². The zero-order chi connectivity index (χ0) is 14.9. The quantitative estimate of drug-likeness (QED) is 0.290. The van der Waals surface area contributed by atoms with Gasteiger partial charge in [-0.15, -0.1) is 0 Å². The monoisotopic (exact) mass is 285 g/mol. The summed E-state index contributed by atoms with van der Waals surface area (Å²) < 4.78 is 0. The Kier molecular flexibility index (Phi) is 3.46. The zero-order valence-corrected chi connectivity index (χ0v) is 13.2. The molecule has 109 valence electrons. The number of unbranched alkanes of at least 4 members (excludes halogenated alkanes) is 3. The second-order valence-corrected chi connectivity index (χ2v) is 6.31. The lowest BCUT2D eigenvalue weighted by Crippen LogP contribution is -1.91. The Hall–Kier alpha value is -2.08. The lowest BCUT2D eigenvalue weighted by Gasteiger charge is -2.13. The molecular weight excluding hydrogens is 264 g/mol. The third-order valence-corrected chi connectivity index (χ3v) is 4.82. The number of hydrogen-bond donors (Lipinski definition) is 0. The zero-order valence-electron chi connectivity index (χ0n) is 13.2. The minimum atomic E-state index is 1.17. The van der Waals surface area contributed by atoms with Crippen molar-refractivity contribution >= 4 is 32.3 Å². The maximum Gasteiger partial charge on any atom is -0.00178 e. The van der Waals surface area contributed by atoms with Gasteiger partial charge in [0.2, 0.25) is 0 Å². The van der Waals surface area contributed by atoms with E-state index in [0.29, 0.717) is 0 Å². The Morgan fingerprint density at radius 2 is 1.64 bits per heavy atom. The molecule has 1 radical (unpaired) electrons. The first-order valence-corrected chi connectivity index (χ1v) is 8.45. The normalized spacial score (nSPS) is 11.9. The molecule has 22 heavy (non-hydrogen) atoms. The van der Waals surface area contributed by atoms with Gasteiger partial charge in [-0.3, -0.25) is 0 Å². The van der Waals surface area contributed by atoms with Gasteiger partial charge in [0.25, 0.3) is 0 Å². The highest BCUT2D eigenvalue weighted by molar-refractivity contribution is 6.23. The van der Waals surface area contributed by atoms with Crippen molar-refractivity contribution in [2.45, 2.75) is 39.0 Å².